The van der Waals surface area contributed by atoms with Gasteiger partial charge in [-0.15, -0.1) is 0 Å². The minimum absolute atomic E-state index is 0.142. The average molecular weight is 352 g/mol. The van der Waals surface area contributed by atoms with Gasteiger partial charge in [0.05, 0.1) is 0 Å². The number of aromatic nitrogens is 5. The second-order valence-corrected chi connectivity index (χ2v) is 6.39. The molecule has 8 nitrogen and oxygen atoms in total. The number of aryl methyl sites for hydroxylation is 1. The van der Waals surface area contributed by atoms with Crippen molar-refractivity contribution in [1.82, 2.24) is 30.0 Å². The van der Waals surface area contributed by atoms with Crippen molar-refractivity contribution in [2.45, 2.75) is 45.1 Å². The molecule has 8 heteroatoms. The third kappa shape index (κ3) is 3.35. The molecule has 0 radical (unpaired) electrons. The topological polar surface area (TPSA) is 98.7 Å². The number of imidazole rings is 1. The highest BCUT2D eigenvalue weighted by atomic mass is 16.5. The quantitative estimate of drug-likeness (QED) is 0.758. The van der Waals surface area contributed by atoms with Gasteiger partial charge < -0.3 is 9.84 Å². The Morgan fingerprint density at radius 2 is 2.19 bits per heavy atom. The fourth-order valence-electron chi connectivity index (χ4n) is 3.10. The van der Waals surface area contributed by atoms with E-state index in [0.717, 1.165) is 18.4 Å². The smallest absolute Gasteiger partial charge is 0.271 e. The van der Waals surface area contributed by atoms with Crippen LogP contribution in [-0.4, -0.2) is 36.6 Å². The van der Waals surface area contributed by atoms with Crippen molar-refractivity contribution in [3.05, 3.63) is 42.4 Å². The second kappa shape index (κ2) is 7.07. The summed E-state index contributed by atoms with van der Waals surface area (Å²) in [4.78, 5) is 25.2. The normalized spacial score (nSPS) is 14.7. The first kappa shape index (κ1) is 16.4. The van der Waals surface area contributed by atoms with Crippen molar-refractivity contribution in [3.63, 3.8) is 0 Å². The van der Waals surface area contributed by atoms with Gasteiger partial charge >= 0.3 is 0 Å². The molecule has 0 aliphatic heterocycles. The maximum atomic E-state index is 12.3. The summed E-state index contributed by atoms with van der Waals surface area (Å²) >= 11 is 0. The van der Waals surface area contributed by atoms with Crippen molar-refractivity contribution < 1.29 is 9.32 Å². The van der Waals surface area contributed by atoms with Gasteiger partial charge in [0.25, 0.3) is 11.8 Å². The third-order valence-corrected chi connectivity index (χ3v) is 4.55. The Hall–Kier alpha value is -3.03. The monoisotopic (exact) mass is 352 g/mol. The van der Waals surface area contributed by atoms with E-state index < -0.39 is 0 Å². The van der Waals surface area contributed by atoms with Crippen LogP contribution in [0.15, 0.2) is 35.4 Å². The molecular weight excluding hydrogens is 332 g/mol. The van der Waals surface area contributed by atoms with Crippen LogP contribution in [0.5, 0.6) is 0 Å². The molecule has 1 aliphatic rings. The summed E-state index contributed by atoms with van der Waals surface area (Å²) in [7, 11) is 0. The number of nitrogens with one attached hydrogen (secondary N) is 1. The van der Waals surface area contributed by atoms with Gasteiger partial charge in [-0.05, 0) is 25.0 Å². The zero-order valence-electron chi connectivity index (χ0n) is 14.6. The molecule has 0 aromatic carbocycles. The molecule has 0 unspecified atom stereocenters. The number of hydrogen-bond acceptors (Lipinski definition) is 6. The van der Waals surface area contributed by atoms with Crippen molar-refractivity contribution in [2.75, 3.05) is 0 Å². The predicted molar refractivity (Wildman–Crippen MR) is 93.8 cm³/mol. The molecule has 0 spiro atoms. The van der Waals surface area contributed by atoms with Gasteiger partial charge in [0.1, 0.15) is 17.8 Å². The van der Waals surface area contributed by atoms with E-state index in [9.17, 15) is 4.79 Å². The molecule has 26 heavy (non-hydrogen) atoms. The molecule has 1 saturated carbocycles. The highest BCUT2D eigenvalue weighted by Crippen LogP contribution is 2.20. The highest BCUT2D eigenvalue weighted by Gasteiger charge is 2.19. The number of carbonyl (C=O) groups excluding carboxylic acids is 1. The number of pyridine rings is 1. The van der Waals surface area contributed by atoms with E-state index in [2.05, 4.69) is 25.4 Å². The van der Waals surface area contributed by atoms with E-state index in [0.29, 0.717) is 29.6 Å². The van der Waals surface area contributed by atoms with Gasteiger partial charge in [0, 0.05) is 30.4 Å². The Balaban J connectivity index is 1.53. The fourth-order valence-corrected chi connectivity index (χ4v) is 3.10. The number of nitrogens with zero attached hydrogens (tertiary/aromatic N) is 5. The van der Waals surface area contributed by atoms with E-state index >= 15 is 0 Å². The molecule has 1 aliphatic carbocycles. The molecule has 3 aromatic heterocycles. The zero-order valence-corrected chi connectivity index (χ0v) is 14.6. The first-order valence-electron chi connectivity index (χ1n) is 8.87. The number of carbonyl (C=O) groups is 1. The number of rotatable bonds is 5. The molecule has 0 bridgehead atoms. The molecule has 0 saturated heterocycles. The summed E-state index contributed by atoms with van der Waals surface area (Å²) in [6.45, 7) is 1.97. The standard InChI is InChI=1S/C18H20N6O2/c1-2-15-22-18(26-23-15)12-7-8-19-16(9-12)24-10-14(20-11-24)17(25)21-13-5-3-4-6-13/h7-11,13H,2-6H2,1H3,(H,21,25). The van der Waals surface area contributed by atoms with Crippen LogP contribution in [0.1, 0.15) is 48.9 Å². The second-order valence-electron chi connectivity index (χ2n) is 6.39. The lowest BCUT2D eigenvalue weighted by Crippen LogP contribution is -2.32. The van der Waals surface area contributed by atoms with Crippen LogP contribution >= 0.6 is 0 Å². The zero-order chi connectivity index (χ0) is 17.9. The van der Waals surface area contributed by atoms with E-state index in [1.807, 2.05) is 13.0 Å². The van der Waals surface area contributed by atoms with Crippen LogP contribution in [0, 0.1) is 0 Å². The van der Waals surface area contributed by atoms with E-state index in [1.54, 1.807) is 29.4 Å². The van der Waals surface area contributed by atoms with E-state index in [4.69, 9.17) is 4.52 Å². The number of hydrogen-bond donors (Lipinski definition) is 1. The Kier molecular flexibility index (Phi) is 4.47. The molecule has 0 atom stereocenters. The molecule has 1 fully saturated rings. The van der Waals surface area contributed by atoms with E-state index in [1.165, 1.54) is 12.8 Å². The van der Waals surface area contributed by atoms with Gasteiger partial charge in [-0.2, -0.15) is 4.98 Å². The minimum atomic E-state index is -0.142. The predicted octanol–water partition coefficient (Wildman–Crippen LogP) is 2.55. The van der Waals surface area contributed by atoms with Crippen LogP contribution in [0.2, 0.25) is 0 Å². The average Bonchev–Trinajstić information content (AvgIpc) is 3.42. The van der Waals surface area contributed by atoms with Gasteiger partial charge in [-0.25, -0.2) is 9.97 Å². The van der Waals surface area contributed by atoms with Crippen LogP contribution < -0.4 is 5.32 Å². The molecule has 134 valence electrons. The number of amides is 1. The summed E-state index contributed by atoms with van der Waals surface area (Å²) < 4.78 is 6.98. The first-order valence-corrected chi connectivity index (χ1v) is 8.87. The molecule has 3 heterocycles. The van der Waals surface area contributed by atoms with Crippen LogP contribution in [0.4, 0.5) is 0 Å². The van der Waals surface area contributed by atoms with Crippen molar-refractivity contribution in [2.24, 2.45) is 0 Å². The largest absolute Gasteiger partial charge is 0.348 e. The Morgan fingerprint density at radius 3 is 2.96 bits per heavy atom. The lowest BCUT2D eigenvalue weighted by molar-refractivity contribution is 0.0933. The van der Waals surface area contributed by atoms with Crippen LogP contribution in [0.25, 0.3) is 17.3 Å². The first-order chi connectivity index (χ1) is 12.7. The third-order valence-electron chi connectivity index (χ3n) is 4.55. The molecule has 1 amide bonds. The maximum Gasteiger partial charge on any atom is 0.271 e. The Labute approximate surface area is 150 Å². The lowest BCUT2D eigenvalue weighted by Gasteiger charge is -2.09. The Bertz CT molecular complexity index is 910. The maximum absolute atomic E-state index is 12.3. The minimum Gasteiger partial charge on any atom is -0.348 e. The summed E-state index contributed by atoms with van der Waals surface area (Å²) in [6, 6.07) is 3.90. The lowest BCUT2D eigenvalue weighted by atomic mass is 10.2. The van der Waals surface area contributed by atoms with Crippen molar-refractivity contribution in [3.8, 4) is 17.3 Å². The fraction of sp³-hybridized carbons (Fsp3) is 0.389. The van der Waals surface area contributed by atoms with Gasteiger partial charge in [0.2, 0.25) is 0 Å². The van der Waals surface area contributed by atoms with Crippen molar-refractivity contribution >= 4 is 5.91 Å². The van der Waals surface area contributed by atoms with Gasteiger partial charge in [0.15, 0.2) is 5.82 Å². The van der Waals surface area contributed by atoms with Gasteiger partial charge in [-0.3, -0.25) is 9.36 Å². The van der Waals surface area contributed by atoms with E-state index in [-0.39, 0.29) is 11.9 Å². The Morgan fingerprint density at radius 1 is 1.35 bits per heavy atom. The van der Waals surface area contributed by atoms with Crippen LogP contribution in [0.3, 0.4) is 0 Å². The molecule has 4 rings (SSSR count). The SMILES string of the molecule is CCc1noc(-c2ccnc(-n3cnc(C(=O)NC4CCCC4)c3)c2)n1. The summed E-state index contributed by atoms with van der Waals surface area (Å²) in [5.74, 6) is 1.60. The molecule has 1 N–H and O–H groups in total. The van der Waals surface area contributed by atoms with Crippen molar-refractivity contribution in [1.29, 1.82) is 0 Å². The summed E-state index contributed by atoms with van der Waals surface area (Å²) in [5, 5.41) is 6.95. The van der Waals surface area contributed by atoms with Gasteiger partial charge in [-0.1, -0.05) is 24.9 Å². The highest BCUT2D eigenvalue weighted by molar-refractivity contribution is 5.92. The summed E-state index contributed by atoms with van der Waals surface area (Å²) in [6.07, 6.45) is 10.1. The van der Waals surface area contributed by atoms with Crippen LogP contribution in [-0.2, 0) is 6.42 Å². The molecule has 3 aromatic rings. The molecular formula is C18H20N6O2. The summed E-state index contributed by atoms with van der Waals surface area (Å²) in [5.41, 5.74) is 1.16.